The van der Waals surface area contributed by atoms with E-state index in [1.54, 1.807) is 0 Å². The maximum Gasteiger partial charge on any atom is 0.338 e. The first-order valence-corrected chi connectivity index (χ1v) is 11.5. The number of benzene rings is 1. The Labute approximate surface area is 203 Å². The van der Waals surface area contributed by atoms with Crippen molar-refractivity contribution < 1.29 is 14.3 Å². The molecule has 1 aromatic carbocycles. The van der Waals surface area contributed by atoms with Crippen molar-refractivity contribution >= 4 is 5.97 Å². The zero-order valence-electron chi connectivity index (χ0n) is 20.2. The number of nitrogens with one attached hydrogen (secondary N) is 1. The van der Waals surface area contributed by atoms with Crippen LogP contribution in [-0.4, -0.2) is 56.6 Å². The lowest BCUT2D eigenvalue weighted by atomic mass is 9.92. The second-order valence-electron chi connectivity index (χ2n) is 9.05. The molecular weight excluding hydrogens is 446 g/mol. The van der Waals surface area contributed by atoms with Gasteiger partial charge in [0.25, 0.3) is 0 Å². The molecule has 180 valence electrons. The molecular formula is C25H27N7O3. The first kappa shape index (κ1) is 23.0. The van der Waals surface area contributed by atoms with Crippen LogP contribution in [0.5, 0.6) is 5.88 Å². The molecule has 0 unspecified atom stereocenters. The number of cyclic esters (lactones) is 1. The fourth-order valence-electron chi connectivity index (χ4n) is 4.98. The van der Waals surface area contributed by atoms with Gasteiger partial charge in [0, 0.05) is 43.5 Å². The van der Waals surface area contributed by atoms with Gasteiger partial charge in [0.05, 0.1) is 24.6 Å². The number of hydrogen-bond donors (Lipinski definition) is 1. The van der Waals surface area contributed by atoms with Crippen molar-refractivity contribution in [3.63, 3.8) is 0 Å². The largest absolute Gasteiger partial charge is 0.480 e. The zero-order chi connectivity index (χ0) is 24.7. The van der Waals surface area contributed by atoms with Crippen LogP contribution in [0.2, 0.25) is 0 Å². The Morgan fingerprint density at radius 3 is 2.89 bits per heavy atom. The van der Waals surface area contributed by atoms with Gasteiger partial charge in [-0.3, -0.25) is 9.47 Å². The summed E-state index contributed by atoms with van der Waals surface area (Å²) in [6, 6.07) is 6.38. The number of hydrogen-bond acceptors (Lipinski definition) is 9. The number of carbonyl (C=O) groups is 1. The minimum Gasteiger partial charge on any atom is -0.480 e. The van der Waals surface area contributed by atoms with Crippen molar-refractivity contribution in [3.05, 3.63) is 63.9 Å². The lowest BCUT2D eigenvalue weighted by molar-refractivity contribution is 0.0535. The Balaban J connectivity index is 1.36. The van der Waals surface area contributed by atoms with Crippen molar-refractivity contribution in [2.75, 3.05) is 20.2 Å². The molecule has 1 N–H and O–H groups in total. The van der Waals surface area contributed by atoms with Crippen LogP contribution in [0.4, 0.5) is 0 Å². The number of nitriles is 1. The number of ether oxygens (including phenoxy) is 2. The van der Waals surface area contributed by atoms with Crippen molar-refractivity contribution in [2.45, 2.75) is 46.0 Å². The van der Waals surface area contributed by atoms with Crippen molar-refractivity contribution in [2.24, 2.45) is 0 Å². The smallest absolute Gasteiger partial charge is 0.338 e. The molecule has 5 rings (SSSR count). The third-order valence-electron chi connectivity index (χ3n) is 6.63. The molecule has 10 nitrogen and oxygen atoms in total. The fourth-order valence-corrected chi connectivity index (χ4v) is 4.98. The van der Waals surface area contributed by atoms with Crippen LogP contribution in [0.25, 0.3) is 5.95 Å². The SMILES string of the molecule is COc1nc(-n2cc(CN3C[C@@H](c4ccc5c(c4C)COC5=O)N[C@@H](C)C3)nc2C)ncc1C#N. The van der Waals surface area contributed by atoms with Gasteiger partial charge < -0.3 is 14.8 Å². The Morgan fingerprint density at radius 2 is 2.11 bits per heavy atom. The van der Waals surface area contributed by atoms with E-state index in [0.717, 1.165) is 35.7 Å². The van der Waals surface area contributed by atoms with E-state index in [4.69, 9.17) is 14.5 Å². The lowest BCUT2D eigenvalue weighted by Gasteiger charge is -2.38. The van der Waals surface area contributed by atoms with Gasteiger partial charge in [-0.05, 0) is 38.0 Å². The molecule has 0 radical (unpaired) electrons. The molecule has 1 saturated heterocycles. The highest BCUT2D eigenvalue weighted by Gasteiger charge is 2.30. The quantitative estimate of drug-likeness (QED) is 0.557. The summed E-state index contributed by atoms with van der Waals surface area (Å²) in [5.74, 6) is 1.17. The summed E-state index contributed by atoms with van der Waals surface area (Å²) in [7, 11) is 1.48. The summed E-state index contributed by atoms with van der Waals surface area (Å²) in [5.41, 5.74) is 5.17. The second kappa shape index (κ2) is 9.09. The van der Waals surface area contributed by atoms with Gasteiger partial charge in [-0.2, -0.15) is 10.2 Å². The van der Waals surface area contributed by atoms with Crippen LogP contribution in [0, 0.1) is 25.2 Å². The Kier molecular flexibility index (Phi) is 5.96. The van der Waals surface area contributed by atoms with E-state index < -0.39 is 0 Å². The number of fused-ring (bicyclic) bond motifs is 1. The number of imidazole rings is 1. The van der Waals surface area contributed by atoms with Gasteiger partial charge in [0.2, 0.25) is 11.8 Å². The number of aryl methyl sites for hydroxylation is 1. The summed E-state index contributed by atoms with van der Waals surface area (Å²) >= 11 is 0. The summed E-state index contributed by atoms with van der Waals surface area (Å²) < 4.78 is 12.3. The average molecular weight is 474 g/mol. The van der Waals surface area contributed by atoms with Crippen LogP contribution in [0.15, 0.2) is 24.5 Å². The first-order valence-electron chi connectivity index (χ1n) is 11.5. The van der Waals surface area contributed by atoms with E-state index in [0.29, 0.717) is 24.7 Å². The van der Waals surface area contributed by atoms with Crippen LogP contribution in [0.1, 0.15) is 57.1 Å². The standard InChI is InChI=1S/C25H27N7O3/c1-14-9-31(12-22(28-14)19-5-6-20-21(15(19)2)13-35-24(20)33)10-18-11-32(16(3)29-18)25-27-8-17(7-26)23(30-25)34-4/h5-6,8,11,14,22,28H,9-10,12-13H2,1-4H3/t14-,22-/m0/s1. The molecule has 2 aromatic heterocycles. The predicted octanol–water partition coefficient (Wildman–Crippen LogP) is 2.36. The van der Waals surface area contributed by atoms with Gasteiger partial charge in [0.15, 0.2) is 0 Å². The normalized spacial score (nSPS) is 19.8. The van der Waals surface area contributed by atoms with Crippen molar-refractivity contribution in [3.8, 4) is 17.9 Å². The van der Waals surface area contributed by atoms with Gasteiger partial charge in [0.1, 0.15) is 24.1 Å². The predicted molar refractivity (Wildman–Crippen MR) is 126 cm³/mol. The number of esters is 1. The Bertz CT molecular complexity index is 1340. The maximum atomic E-state index is 11.9. The number of methoxy groups -OCH3 is 1. The molecule has 0 bridgehead atoms. The molecule has 3 aromatic rings. The average Bonchev–Trinajstić information content (AvgIpc) is 3.40. The van der Waals surface area contributed by atoms with E-state index in [1.165, 1.54) is 18.9 Å². The van der Waals surface area contributed by atoms with Crippen molar-refractivity contribution in [1.29, 1.82) is 5.26 Å². The monoisotopic (exact) mass is 473 g/mol. The van der Waals surface area contributed by atoms with Crippen LogP contribution in [-0.2, 0) is 17.9 Å². The Hall–Kier alpha value is -3.81. The van der Waals surface area contributed by atoms with E-state index in [-0.39, 0.29) is 29.5 Å². The van der Waals surface area contributed by atoms with E-state index in [9.17, 15) is 10.1 Å². The molecule has 35 heavy (non-hydrogen) atoms. The third kappa shape index (κ3) is 4.24. The second-order valence-corrected chi connectivity index (χ2v) is 9.05. The van der Waals surface area contributed by atoms with E-state index in [2.05, 4.69) is 34.0 Å². The van der Waals surface area contributed by atoms with Gasteiger partial charge in [-0.1, -0.05) is 6.07 Å². The van der Waals surface area contributed by atoms with Gasteiger partial charge in [-0.15, -0.1) is 0 Å². The molecule has 2 atom stereocenters. The molecule has 10 heteroatoms. The zero-order valence-corrected chi connectivity index (χ0v) is 20.2. The van der Waals surface area contributed by atoms with Crippen molar-refractivity contribution in [1.82, 2.24) is 29.7 Å². The highest BCUT2D eigenvalue weighted by atomic mass is 16.5. The molecule has 0 saturated carbocycles. The van der Waals surface area contributed by atoms with Gasteiger partial charge in [-0.25, -0.2) is 14.8 Å². The summed E-state index contributed by atoms with van der Waals surface area (Å²) in [6.07, 6.45) is 3.39. The number of nitrogens with zero attached hydrogens (tertiary/aromatic N) is 6. The molecule has 2 aliphatic rings. The first-order chi connectivity index (χ1) is 16.9. The lowest BCUT2D eigenvalue weighted by Crippen LogP contribution is -2.50. The van der Waals surface area contributed by atoms with Crippen LogP contribution >= 0.6 is 0 Å². The minimum atomic E-state index is -0.240. The molecule has 0 amide bonds. The van der Waals surface area contributed by atoms with E-state index in [1.807, 2.05) is 35.9 Å². The highest BCUT2D eigenvalue weighted by molar-refractivity contribution is 5.94. The van der Waals surface area contributed by atoms with E-state index >= 15 is 0 Å². The molecule has 1 fully saturated rings. The summed E-state index contributed by atoms with van der Waals surface area (Å²) in [6.45, 7) is 8.86. The fraction of sp³-hybridized carbons (Fsp3) is 0.400. The number of carbonyl (C=O) groups excluding carboxylic acids is 1. The molecule has 0 aliphatic carbocycles. The number of piperazine rings is 1. The van der Waals surface area contributed by atoms with Crippen LogP contribution in [0.3, 0.4) is 0 Å². The highest BCUT2D eigenvalue weighted by Crippen LogP contribution is 2.31. The third-order valence-corrected chi connectivity index (χ3v) is 6.63. The van der Waals surface area contributed by atoms with Crippen LogP contribution < -0.4 is 10.1 Å². The molecule has 2 aliphatic heterocycles. The maximum absolute atomic E-state index is 11.9. The Morgan fingerprint density at radius 1 is 1.29 bits per heavy atom. The summed E-state index contributed by atoms with van der Waals surface area (Å²) in [5, 5.41) is 12.9. The molecule has 0 spiro atoms. The topological polar surface area (TPSA) is 118 Å². The summed E-state index contributed by atoms with van der Waals surface area (Å²) in [4.78, 5) is 27.7. The number of rotatable bonds is 5. The van der Waals surface area contributed by atoms with Gasteiger partial charge >= 0.3 is 5.97 Å². The number of aromatic nitrogens is 4. The molecule has 4 heterocycles. The minimum absolute atomic E-state index is 0.133.